The zero-order valence-corrected chi connectivity index (χ0v) is 11.6. The molecule has 3 heterocycles. The van der Waals surface area contributed by atoms with E-state index in [-0.39, 0.29) is 0 Å². The highest BCUT2D eigenvalue weighted by Gasteiger charge is 2.13. The first-order valence-corrected chi connectivity index (χ1v) is 7.11. The number of nitrogens with two attached hydrogens (primary N) is 1. The molecule has 0 radical (unpaired) electrons. The predicted octanol–water partition coefficient (Wildman–Crippen LogP) is 3.11. The Hall–Kier alpha value is -2.67. The molecule has 0 saturated carbocycles. The van der Waals surface area contributed by atoms with Gasteiger partial charge < -0.3 is 14.8 Å². The molecule has 6 nitrogen and oxygen atoms in total. The van der Waals surface area contributed by atoms with Gasteiger partial charge in [0.15, 0.2) is 5.82 Å². The van der Waals surface area contributed by atoms with Gasteiger partial charge in [-0.05, 0) is 29.7 Å². The lowest BCUT2D eigenvalue weighted by Gasteiger charge is -1.90. The third kappa shape index (κ3) is 2.27. The van der Waals surface area contributed by atoms with Gasteiger partial charge in [0.1, 0.15) is 5.76 Å². The minimum Gasteiger partial charge on any atom is -0.399 e. The molecule has 104 valence electrons. The Morgan fingerprint density at radius 2 is 2.10 bits per heavy atom. The van der Waals surface area contributed by atoms with Crippen molar-refractivity contribution in [3.8, 4) is 10.8 Å². The lowest BCUT2D eigenvalue weighted by molar-refractivity contribution is 0.382. The van der Waals surface area contributed by atoms with Crippen molar-refractivity contribution >= 4 is 27.1 Å². The summed E-state index contributed by atoms with van der Waals surface area (Å²) in [4.78, 5) is 5.31. The molecule has 7 heteroatoms. The fourth-order valence-electron chi connectivity index (χ4n) is 2.08. The van der Waals surface area contributed by atoms with Crippen LogP contribution in [0.1, 0.15) is 11.6 Å². The molecule has 2 N–H and O–H groups in total. The second kappa shape index (κ2) is 4.71. The Kier molecular flexibility index (Phi) is 2.71. The van der Waals surface area contributed by atoms with Crippen LogP contribution in [-0.2, 0) is 6.42 Å². The van der Waals surface area contributed by atoms with Crippen LogP contribution in [0.4, 0.5) is 5.69 Å². The summed E-state index contributed by atoms with van der Waals surface area (Å²) < 4.78 is 11.5. The molecule has 3 aromatic heterocycles. The molecule has 0 saturated heterocycles. The number of anilines is 1. The molecule has 1 aromatic carbocycles. The smallest absolute Gasteiger partial charge is 0.268 e. The van der Waals surface area contributed by atoms with Crippen molar-refractivity contribution in [2.45, 2.75) is 6.42 Å². The Morgan fingerprint density at radius 3 is 2.95 bits per heavy atom. The van der Waals surface area contributed by atoms with E-state index in [0.717, 1.165) is 20.7 Å². The number of nitrogen functional groups attached to an aromatic ring is 1. The van der Waals surface area contributed by atoms with Crippen molar-refractivity contribution in [3.63, 3.8) is 0 Å². The van der Waals surface area contributed by atoms with Crippen LogP contribution >= 0.6 is 11.3 Å². The summed E-state index contributed by atoms with van der Waals surface area (Å²) in [5, 5.41) is 8.69. The van der Waals surface area contributed by atoms with Crippen molar-refractivity contribution in [2.75, 3.05) is 5.73 Å². The van der Waals surface area contributed by atoms with Crippen molar-refractivity contribution in [1.29, 1.82) is 0 Å². The van der Waals surface area contributed by atoms with E-state index in [9.17, 15) is 0 Å². The minimum absolute atomic E-state index is 0.460. The monoisotopic (exact) mass is 298 g/mol. The predicted molar refractivity (Wildman–Crippen MR) is 78.8 cm³/mol. The van der Waals surface area contributed by atoms with Crippen LogP contribution < -0.4 is 5.73 Å². The third-order valence-corrected chi connectivity index (χ3v) is 4.15. The minimum atomic E-state index is 0.460. The second-order valence-electron chi connectivity index (χ2n) is 4.58. The lowest BCUT2D eigenvalue weighted by Crippen LogP contribution is -1.88. The van der Waals surface area contributed by atoms with Gasteiger partial charge >= 0.3 is 0 Å². The first-order chi connectivity index (χ1) is 10.3. The van der Waals surface area contributed by atoms with Crippen LogP contribution in [0.2, 0.25) is 0 Å². The summed E-state index contributed by atoms with van der Waals surface area (Å²) in [6.45, 7) is 0. The number of benzene rings is 1. The normalized spacial score (nSPS) is 11.2. The summed E-state index contributed by atoms with van der Waals surface area (Å²) in [6, 6.07) is 9.58. The summed E-state index contributed by atoms with van der Waals surface area (Å²) >= 11 is 1.59. The highest BCUT2D eigenvalue weighted by Crippen LogP contribution is 2.33. The molecule has 0 amide bonds. The van der Waals surface area contributed by atoms with Gasteiger partial charge in [0, 0.05) is 16.5 Å². The van der Waals surface area contributed by atoms with Crippen LogP contribution in [0.3, 0.4) is 0 Å². The number of thiophene rings is 1. The van der Waals surface area contributed by atoms with E-state index in [1.54, 1.807) is 23.6 Å². The van der Waals surface area contributed by atoms with Crippen LogP contribution in [0, 0.1) is 0 Å². The number of rotatable bonds is 3. The molecule has 0 spiro atoms. The number of aromatic nitrogens is 3. The maximum Gasteiger partial charge on any atom is 0.268 e. The van der Waals surface area contributed by atoms with E-state index in [1.807, 2.05) is 24.3 Å². The van der Waals surface area contributed by atoms with Gasteiger partial charge in [0.05, 0.1) is 17.5 Å². The Bertz CT molecular complexity index is 895. The maximum atomic E-state index is 5.79. The molecule has 0 aliphatic rings. The molecule has 21 heavy (non-hydrogen) atoms. The summed E-state index contributed by atoms with van der Waals surface area (Å²) in [5.74, 6) is 1.77. The fourth-order valence-corrected chi connectivity index (χ4v) is 3.05. The van der Waals surface area contributed by atoms with Gasteiger partial charge in [-0.15, -0.1) is 11.3 Å². The van der Waals surface area contributed by atoms with Crippen LogP contribution in [0.5, 0.6) is 0 Å². The second-order valence-corrected chi connectivity index (χ2v) is 5.66. The topological polar surface area (TPSA) is 91.0 Å². The lowest BCUT2D eigenvalue weighted by atomic mass is 10.2. The SMILES string of the molecule is Nc1ccc2sc(-c3nc(Cc4ccno4)no3)cc2c1. The first kappa shape index (κ1) is 12.1. The fraction of sp³-hybridized carbons (Fsp3) is 0.0714. The highest BCUT2D eigenvalue weighted by atomic mass is 32.1. The highest BCUT2D eigenvalue weighted by molar-refractivity contribution is 7.22. The van der Waals surface area contributed by atoms with Gasteiger partial charge in [-0.2, -0.15) is 4.98 Å². The Balaban J connectivity index is 1.67. The van der Waals surface area contributed by atoms with E-state index >= 15 is 0 Å². The van der Waals surface area contributed by atoms with E-state index in [4.69, 9.17) is 14.8 Å². The van der Waals surface area contributed by atoms with Crippen molar-refractivity contribution in [1.82, 2.24) is 15.3 Å². The third-order valence-electron chi connectivity index (χ3n) is 3.04. The van der Waals surface area contributed by atoms with E-state index < -0.39 is 0 Å². The standard InChI is InChI=1S/C14H10N4O2S/c15-9-1-2-11-8(5-9)6-12(21-11)14-17-13(18-20-14)7-10-3-4-16-19-10/h1-6H,7,15H2. The zero-order chi connectivity index (χ0) is 14.2. The summed E-state index contributed by atoms with van der Waals surface area (Å²) in [7, 11) is 0. The van der Waals surface area contributed by atoms with Gasteiger partial charge in [-0.25, -0.2) is 0 Å². The van der Waals surface area contributed by atoms with Crippen molar-refractivity contribution < 1.29 is 9.05 Å². The van der Waals surface area contributed by atoms with E-state index in [1.165, 1.54) is 0 Å². The van der Waals surface area contributed by atoms with Crippen molar-refractivity contribution in [3.05, 3.63) is 48.1 Å². The molecule has 0 unspecified atom stereocenters. The average molecular weight is 298 g/mol. The molecular weight excluding hydrogens is 288 g/mol. The Morgan fingerprint density at radius 1 is 1.14 bits per heavy atom. The van der Waals surface area contributed by atoms with Gasteiger partial charge in [-0.3, -0.25) is 0 Å². The number of hydrogen-bond acceptors (Lipinski definition) is 7. The number of hydrogen-bond donors (Lipinski definition) is 1. The largest absolute Gasteiger partial charge is 0.399 e. The molecule has 0 atom stereocenters. The van der Waals surface area contributed by atoms with Crippen LogP contribution in [0.25, 0.3) is 20.9 Å². The van der Waals surface area contributed by atoms with Gasteiger partial charge in [-0.1, -0.05) is 10.3 Å². The quantitative estimate of drug-likeness (QED) is 0.584. The Labute approximate surface area is 123 Å². The van der Waals surface area contributed by atoms with E-state index in [2.05, 4.69) is 15.3 Å². The molecule has 4 rings (SSSR count). The van der Waals surface area contributed by atoms with Crippen LogP contribution in [0.15, 0.2) is 45.6 Å². The first-order valence-electron chi connectivity index (χ1n) is 6.29. The summed E-state index contributed by atoms with van der Waals surface area (Å²) in [5.41, 5.74) is 6.53. The van der Waals surface area contributed by atoms with Crippen LogP contribution in [-0.4, -0.2) is 15.3 Å². The van der Waals surface area contributed by atoms with Crippen molar-refractivity contribution in [2.24, 2.45) is 0 Å². The summed E-state index contributed by atoms with van der Waals surface area (Å²) in [6.07, 6.45) is 2.05. The zero-order valence-electron chi connectivity index (χ0n) is 10.8. The molecule has 0 bridgehead atoms. The van der Waals surface area contributed by atoms with E-state index in [0.29, 0.717) is 23.9 Å². The maximum absolute atomic E-state index is 5.79. The number of fused-ring (bicyclic) bond motifs is 1. The molecular formula is C14H10N4O2S. The molecule has 4 aromatic rings. The molecule has 0 fully saturated rings. The molecule has 0 aliphatic heterocycles. The average Bonchev–Trinajstić information content (AvgIpc) is 3.18. The number of nitrogens with zero attached hydrogens (tertiary/aromatic N) is 3. The van der Waals surface area contributed by atoms with Gasteiger partial charge in [0.25, 0.3) is 5.89 Å². The molecule has 0 aliphatic carbocycles. The van der Waals surface area contributed by atoms with Gasteiger partial charge in [0.2, 0.25) is 0 Å².